The van der Waals surface area contributed by atoms with E-state index in [4.69, 9.17) is 4.74 Å². The molecule has 1 aliphatic heterocycles. The van der Waals surface area contributed by atoms with E-state index in [2.05, 4.69) is 15.6 Å². The number of carbonyl (C=O) groups is 2. The van der Waals surface area contributed by atoms with Crippen LogP contribution >= 0.6 is 0 Å². The summed E-state index contributed by atoms with van der Waals surface area (Å²) in [7, 11) is 1.45. The summed E-state index contributed by atoms with van der Waals surface area (Å²) in [5.41, 5.74) is 0.309. The zero-order valence-corrected chi connectivity index (χ0v) is 17.4. The molecule has 2 aromatic heterocycles. The van der Waals surface area contributed by atoms with Gasteiger partial charge in [-0.05, 0) is 24.6 Å². The van der Waals surface area contributed by atoms with Crippen molar-refractivity contribution >= 4 is 22.8 Å². The van der Waals surface area contributed by atoms with E-state index in [1.54, 1.807) is 19.1 Å². The maximum absolute atomic E-state index is 13.3. The van der Waals surface area contributed by atoms with Gasteiger partial charge in [0.05, 0.1) is 6.54 Å². The minimum absolute atomic E-state index is 0.0130. The Balaban J connectivity index is 1.95. The third kappa shape index (κ3) is 3.53. The molecular weight excluding hydrogens is 419 g/mol. The van der Waals surface area contributed by atoms with Crippen LogP contribution in [0.25, 0.3) is 11.0 Å². The minimum atomic E-state index is -1.03. The lowest BCUT2D eigenvalue weighted by Gasteiger charge is -2.28. The van der Waals surface area contributed by atoms with E-state index in [9.17, 15) is 23.9 Å². The van der Waals surface area contributed by atoms with Gasteiger partial charge in [-0.25, -0.2) is 4.39 Å². The van der Waals surface area contributed by atoms with Gasteiger partial charge in [0.25, 0.3) is 17.4 Å². The average Bonchev–Trinajstić information content (AvgIpc) is 2.79. The van der Waals surface area contributed by atoms with Crippen LogP contribution in [-0.4, -0.2) is 46.2 Å². The van der Waals surface area contributed by atoms with Gasteiger partial charge in [-0.2, -0.15) is 0 Å². The Hall–Kier alpha value is -3.95. The highest BCUT2D eigenvalue weighted by Crippen LogP contribution is 2.37. The van der Waals surface area contributed by atoms with Gasteiger partial charge in [-0.1, -0.05) is 12.1 Å². The molecule has 4 rings (SSSR count). The molecule has 3 aromatic rings. The quantitative estimate of drug-likeness (QED) is 0.546. The first-order valence-corrected chi connectivity index (χ1v) is 10.0. The van der Waals surface area contributed by atoms with Crippen molar-refractivity contribution in [2.75, 3.05) is 13.6 Å². The van der Waals surface area contributed by atoms with Crippen molar-refractivity contribution in [2.45, 2.75) is 26.0 Å². The fourth-order valence-electron chi connectivity index (χ4n) is 3.75. The van der Waals surface area contributed by atoms with E-state index in [0.29, 0.717) is 5.56 Å². The Bertz CT molecular complexity index is 1290. The van der Waals surface area contributed by atoms with E-state index >= 15 is 0 Å². The van der Waals surface area contributed by atoms with Gasteiger partial charge in [0.2, 0.25) is 0 Å². The number of halogens is 1. The first-order chi connectivity index (χ1) is 15.3. The number of hydrogen-bond donors (Lipinski definition) is 3. The number of pyridine rings is 2. The highest BCUT2D eigenvalue weighted by atomic mass is 19.1. The molecule has 3 heterocycles. The zero-order chi connectivity index (χ0) is 23.0. The van der Waals surface area contributed by atoms with Crippen LogP contribution in [0.4, 0.5) is 4.39 Å². The van der Waals surface area contributed by atoms with Crippen LogP contribution in [0.2, 0.25) is 0 Å². The molecule has 1 aromatic carbocycles. The predicted molar refractivity (Wildman–Crippen MR) is 113 cm³/mol. The third-order valence-electron chi connectivity index (χ3n) is 5.29. The summed E-state index contributed by atoms with van der Waals surface area (Å²) < 4.78 is 20.5. The highest BCUT2D eigenvalue weighted by Gasteiger charge is 2.34. The fourth-order valence-corrected chi connectivity index (χ4v) is 3.75. The van der Waals surface area contributed by atoms with Gasteiger partial charge in [-0.15, -0.1) is 0 Å². The number of hydrogen-bond acceptors (Lipinski definition) is 6. The number of aromatic nitrogens is 2. The largest absolute Gasteiger partial charge is 0.505 e. The molecule has 0 aliphatic carbocycles. The minimum Gasteiger partial charge on any atom is -0.505 e. The molecule has 1 atom stereocenters. The van der Waals surface area contributed by atoms with Crippen molar-refractivity contribution in [1.29, 1.82) is 0 Å². The second-order valence-corrected chi connectivity index (χ2v) is 7.33. The second kappa shape index (κ2) is 8.29. The number of aromatic hydroxyl groups is 1. The standard InChI is InChI=1S/C22H21FN4O5/c1-3-25-21(30)15-18(28)16-17-19(32-14(20(29)24-2)10-27(17)22(15)31)12(9-26-16)8-11-4-6-13(23)7-5-11/h4-7,9,14,28H,3,8,10H2,1-2H3,(H,24,29)(H,25,30). The number of amides is 2. The number of carbonyl (C=O) groups excluding carboxylic acids is 2. The van der Waals surface area contributed by atoms with Gasteiger partial charge in [0.1, 0.15) is 22.4 Å². The number of benzene rings is 1. The van der Waals surface area contributed by atoms with Crippen LogP contribution < -0.4 is 20.9 Å². The Labute approximate surface area is 181 Å². The maximum Gasteiger partial charge on any atom is 0.268 e. The average molecular weight is 440 g/mol. The van der Waals surface area contributed by atoms with E-state index < -0.39 is 34.8 Å². The summed E-state index contributed by atoms with van der Waals surface area (Å²) in [4.78, 5) is 42.3. The lowest BCUT2D eigenvalue weighted by molar-refractivity contribution is -0.128. The molecular formula is C22H21FN4O5. The second-order valence-electron chi connectivity index (χ2n) is 7.33. The lowest BCUT2D eigenvalue weighted by Crippen LogP contribution is -2.45. The summed E-state index contributed by atoms with van der Waals surface area (Å²) in [6.45, 7) is 1.79. The molecule has 0 bridgehead atoms. The number of likely N-dealkylation sites (N-methyl/N-ethyl adjacent to an activating group) is 1. The predicted octanol–water partition coefficient (Wildman–Crippen LogP) is 1.09. The van der Waals surface area contributed by atoms with E-state index in [0.717, 1.165) is 5.56 Å². The molecule has 0 fully saturated rings. The Kier molecular flexibility index (Phi) is 5.52. The van der Waals surface area contributed by atoms with Gasteiger partial charge in [-0.3, -0.25) is 23.9 Å². The Morgan fingerprint density at radius 1 is 1.31 bits per heavy atom. The molecule has 0 saturated heterocycles. The highest BCUT2D eigenvalue weighted by molar-refractivity contribution is 6.02. The van der Waals surface area contributed by atoms with Crippen LogP contribution in [0.3, 0.4) is 0 Å². The molecule has 0 saturated carbocycles. The summed E-state index contributed by atoms with van der Waals surface area (Å²) in [5, 5.41) is 15.7. The van der Waals surface area contributed by atoms with Crippen LogP contribution in [0, 0.1) is 5.82 Å². The lowest BCUT2D eigenvalue weighted by atomic mass is 10.0. The molecule has 0 radical (unpaired) electrons. The molecule has 10 heteroatoms. The summed E-state index contributed by atoms with van der Waals surface area (Å²) >= 11 is 0. The Morgan fingerprint density at radius 2 is 2.03 bits per heavy atom. The molecule has 2 amide bonds. The molecule has 3 N–H and O–H groups in total. The zero-order valence-electron chi connectivity index (χ0n) is 17.4. The van der Waals surface area contributed by atoms with Crippen LogP contribution in [0.5, 0.6) is 11.5 Å². The SMILES string of the molecule is CCNC(=O)c1c(O)c2ncc(Cc3ccc(F)cc3)c3c2n(c1=O)CC(C(=O)NC)O3. The Morgan fingerprint density at radius 3 is 2.69 bits per heavy atom. The summed E-state index contributed by atoms with van der Waals surface area (Å²) in [6.07, 6.45) is 0.699. The van der Waals surface area contributed by atoms with Crippen molar-refractivity contribution in [3.63, 3.8) is 0 Å². The first kappa shape index (κ1) is 21.3. The van der Waals surface area contributed by atoms with Crippen LogP contribution in [0.1, 0.15) is 28.4 Å². The summed E-state index contributed by atoms with van der Waals surface area (Å²) in [5.74, 6) is -1.91. The smallest absolute Gasteiger partial charge is 0.268 e. The van der Waals surface area contributed by atoms with E-state index in [1.165, 1.54) is 29.9 Å². The van der Waals surface area contributed by atoms with Gasteiger partial charge in [0.15, 0.2) is 17.6 Å². The van der Waals surface area contributed by atoms with Gasteiger partial charge < -0.3 is 20.5 Å². The van der Waals surface area contributed by atoms with E-state index in [-0.39, 0.29) is 42.1 Å². The number of nitrogens with zero attached hydrogens (tertiary/aromatic N) is 2. The fraction of sp³-hybridized carbons (Fsp3) is 0.273. The molecule has 32 heavy (non-hydrogen) atoms. The molecule has 1 aliphatic rings. The first-order valence-electron chi connectivity index (χ1n) is 10.0. The van der Waals surface area contributed by atoms with Gasteiger partial charge >= 0.3 is 0 Å². The molecule has 0 spiro atoms. The summed E-state index contributed by atoms with van der Waals surface area (Å²) in [6, 6.07) is 5.86. The van der Waals surface area contributed by atoms with Crippen molar-refractivity contribution in [3.8, 4) is 11.5 Å². The normalized spacial score (nSPS) is 14.7. The third-order valence-corrected chi connectivity index (χ3v) is 5.29. The molecule has 166 valence electrons. The maximum atomic E-state index is 13.3. The van der Waals surface area contributed by atoms with Crippen LogP contribution in [-0.2, 0) is 17.8 Å². The van der Waals surface area contributed by atoms with E-state index in [1.807, 2.05) is 0 Å². The molecule has 9 nitrogen and oxygen atoms in total. The van der Waals surface area contributed by atoms with Gasteiger partial charge in [0, 0.05) is 31.8 Å². The number of rotatable bonds is 5. The van der Waals surface area contributed by atoms with Crippen molar-refractivity contribution in [3.05, 3.63) is 63.3 Å². The topological polar surface area (TPSA) is 123 Å². The van der Waals surface area contributed by atoms with Crippen molar-refractivity contribution < 1.29 is 23.8 Å². The van der Waals surface area contributed by atoms with Crippen molar-refractivity contribution in [1.82, 2.24) is 20.2 Å². The molecule has 1 unspecified atom stereocenters. The number of nitrogens with one attached hydrogen (secondary N) is 2. The number of ether oxygens (including phenoxy) is 1. The van der Waals surface area contributed by atoms with Crippen LogP contribution in [0.15, 0.2) is 35.3 Å². The monoisotopic (exact) mass is 440 g/mol. The van der Waals surface area contributed by atoms with Crippen molar-refractivity contribution in [2.24, 2.45) is 0 Å².